The molecule has 0 unspecified atom stereocenters. The van der Waals surface area contributed by atoms with Crippen molar-refractivity contribution in [1.29, 1.82) is 0 Å². The molecule has 2 aliphatic heterocycles. The van der Waals surface area contributed by atoms with E-state index >= 15 is 0 Å². The van der Waals surface area contributed by atoms with Crippen LogP contribution in [0.15, 0.2) is 65.8 Å². The van der Waals surface area contributed by atoms with Crippen LogP contribution in [0.25, 0.3) is 10.4 Å². The van der Waals surface area contributed by atoms with Crippen molar-refractivity contribution >= 4 is 18.7 Å². The summed E-state index contributed by atoms with van der Waals surface area (Å²) in [6.45, 7) is 13.8. The summed E-state index contributed by atoms with van der Waals surface area (Å²) in [5, 5.41) is 5.59. The Kier molecular flexibility index (Phi) is 14.2. The van der Waals surface area contributed by atoms with Crippen molar-refractivity contribution in [2.45, 2.75) is 76.1 Å². The van der Waals surface area contributed by atoms with E-state index in [1.165, 1.54) is 10.4 Å². The van der Waals surface area contributed by atoms with Gasteiger partial charge in [-0.05, 0) is 34.8 Å². The fourth-order valence-corrected chi connectivity index (χ4v) is 10.8. The summed E-state index contributed by atoms with van der Waals surface area (Å²) in [6.07, 6.45) is -2.53. The third-order valence-electron chi connectivity index (χ3n) is 8.23. The summed E-state index contributed by atoms with van der Waals surface area (Å²) in [7, 11) is -1.23. The van der Waals surface area contributed by atoms with Gasteiger partial charge in [0.05, 0.1) is 52.9 Å². The molecule has 0 aliphatic carbocycles. The van der Waals surface area contributed by atoms with Crippen molar-refractivity contribution in [1.82, 2.24) is 0 Å². The molecule has 0 N–H and O–H groups in total. The molecule has 2 heterocycles. The van der Waals surface area contributed by atoms with Crippen LogP contribution in [0.1, 0.15) is 34.6 Å². The predicted molar refractivity (Wildman–Crippen MR) is 179 cm³/mol. The zero-order valence-corrected chi connectivity index (χ0v) is 29.5. The highest BCUT2D eigenvalue weighted by molar-refractivity contribution is 6.99. The highest BCUT2D eigenvalue weighted by atomic mass is 28.4. The van der Waals surface area contributed by atoms with Crippen LogP contribution in [0.3, 0.4) is 0 Å². The number of rotatable bonds is 19. The van der Waals surface area contributed by atoms with Gasteiger partial charge < -0.3 is 42.3 Å². The fraction of sp³-hybridized carbons (Fsp3) is 0.647. The monoisotopic (exact) mass is 673 g/mol. The lowest BCUT2D eigenvalue weighted by atomic mass is 9.99. The van der Waals surface area contributed by atoms with Gasteiger partial charge in [-0.15, -0.1) is 0 Å². The molecule has 13 heteroatoms. The van der Waals surface area contributed by atoms with Gasteiger partial charge in [0.15, 0.2) is 12.1 Å². The molecule has 0 spiro atoms. The Morgan fingerprint density at radius 3 is 1.87 bits per heavy atom. The quantitative estimate of drug-likeness (QED) is 0.0708. The highest BCUT2D eigenvalue weighted by Crippen LogP contribution is 2.41. The van der Waals surface area contributed by atoms with Crippen molar-refractivity contribution < 1.29 is 42.3 Å². The lowest BCUT2D eigenvalue weighted by Gasteiger charge is -2.46. The molecule has 0 radical (unpaired) electrons. The number of nitrogens with zero attached hydrogens (tertiary/aromatic N) is 3. The number of azide groups is 1. The summed E-state index contributed by atoms with van der Waals surface area (Å²) >= 11 is 0. The van der Waals surface area contributed by atoms with Crippen LogP contribution in [-0.4, -0.2) is 111 Å². The molecule has 5 atom stereocenters. The first kappa shape index (κ1) is 37.4. The van der Waals surface area contributed by atoms with E-state index < -0.39 is 44.8 Å². The molecule has 4 rings (SSSR count). The SMILES string of the molecule is CO[C@H]1O[C@H](CO[Si](c2ccccc2)(c2ccccc2)C(C)(C)C)[C@@H](OCCOCCOCCOCCN=[N+]=[N-])[C@@H]2OC(C)(C)O[C@H]12. The van der Waals surface area contributed by atoms with E-state index in [9.17, 15) is 0 Å². The molecule has 0 bridgehead atoms. The molecular weight excluding hydrogens is 622 g/mol. The molecule has 0 amide bonds. The van der Waals surface area contributed by atoms with Crippen molar-refractivity contribution in [3.05, 3.63) is 71.1 Å². The smallest absolute Gasteiger partial charge is 0.261 e. The average molecular weight is 674 g/mol. The molecule has 2 aromatic rings. The molecule has 47 heavy (non-hydrogen) atoms. The van der Waals surface area contributed by atoms with Crippen LogP contribution in [0.5, 0.6) is 0 Å². The summed E-state index contributed by atoms with van der Waals surface area (Å²) in [5.41, 5.74) is 8.28. The summed E-state index contributed by atoms with van der Waals surface area (Å²) in [4.78, 5) is 2.69. The molecule has 2 aliphatic rings. The summed E-state index contributed by atoms with van der Waals surface area (Å²) in [6, 6.07) is 21.0. The number of hydrogen-bond donors (Lipinski definition) is 0. The van der Waals surface area contributed by atoms with Gasteiger partial charge in [-0.2, -0.15) is 0 Å². The highest BCUT2D eigenvalue weighted by Gasteiger charge is 2.57. The third kappa shape index (κ3) is 9.84. The van der Waals surface area contributed by atoms with Gasteiger partial charge in [0.1, 0.15) is 24.4 Å². The number of hydrogen-bond acceptors (Lipinski definition) is 10. The Morgan fingerprint density at radius 1 is 0.809 bits per heavy atom. The third-order valence-corrected chi connectivity index (χ3v) is 13.2. The number of benzene rings is 2. The Balaban J connectivity index is 1.43. The largest absolute Gasteiger partial charge is 0.405 e. The molecule has 0 saturated carbocycles. The van der Waals surface area contributed by atoms with E-state index in [0.717, 1.165) is 0 Å². The van der Waals surface area contributed by atoms with E-state index in [4.69, 9.17) is 47.9 Å². The topological polar surface area (TPSA) is 132 Å². The number of fused-ring (bicyclic) bond motifs is 1. The summed E-state index contributed by atoms with van der Waals surface area (Å²) < 4.78 is 55.4. The van der Waals surface area contributed by atoms with Crippen molar-refractivity contribution in [2.24, 2.45) is 5.11 Å². The molecule has 0 aromatic heterocycles. The van der Waals surface area contributed by atoms with E-state index in [-0.39, 0.29) is 11.6 Å². The normalized spacial score (nSPS) is 24.1. The minimum atomic E-state index is -2.84. The van der Waals surface area contributed by atoms with Crippen LogP contribution >= 0.6 is 0 Å². The molecule has 12 nitrogen and oxygen atoms in total. The Labute approximate surface area is 279 Å². The second kappa shape index (κ2) is 17.8. The van der Waals surface area contributed by atoms with Gasteiger partial charge in [0, 0.05) is 18.6 Å². The lowest BCUT2D eigenvalue weighted by Crippen LogP contribution is -2.68. The maximum atomic E-state index is 8.28. The summed E-state index contributed by atoms with van der Waals surface area (Å²) in [5.74, 6) is -0.828. The molecule has 2 fully saturated rings. The molecular formula is C34H51N3O9Si. The fourth-order valence-electron chi connectivity index (χ4n) is 6.25. The van der Waals surface area contributed by atoms with E-state index in [0.29, 0.717) is 52.8 Å². The average Bonchev–Trinajstić information content (AvgIpc) is 3.39. The van der Waals surface area contributed by atoms with E-state index in [1.807, 2.05) is 26.0 Å². The van der Waals surface area contributed by atoms with Gasteiger partial charge in [0.2, 0.25) is 0 Å². The van der Waals surface area contributed by atoms with Crippen LogP contribution in [0.2, 0.25) is 5.04 Å². The molecule has 260 valence electrons. The van der Waals surface area contributed by atoms with Crippen LogP contribution in [0, 0.1) is 0 Å². The zero-order valence-electron chi connectivity index (χ0n) is 28.5. The maximum absolute atomic E-state index is 8.28. The maximum Gasteiger partial charge on any atom is 0.261 e. The standard InChI is InChI=1S/C34H51N3O9Si/c1-33(2,3)47(26-13-9-7-10-14-26,27-15-11-8-12-16-27)43-25-28-29(30-31(32(38-6)44-28)46-34(4,5)45-30)42-24-23-41-22-21-40-20-19-39-18-17-36-37-35/h7-16,28-32H,17-25H2,1-6H3/t28-,29-,30+,31+,32+/m1/s1. The predicted octanol–water partition coefficient (Wildman–Crippen LogP) is 4.20. The molecule has 2 saturated heterocycles. The van der Waals surface area contributed by atoms with Gasteiger partial charge in [-0.25, -0.2) is 0 Å². The first-order valence-corrected chi connectivity index (χ1v) is 18.2. The van der Waals surface area contributed by atoms with Gasteiger partial charge in [-0.1, -0.05) is 86.5 Å². The van der Waals surface area contributed by atoms with Crippen LogP contribution in [-0.2, 0) is 42.3 Å². The first-order chi connectivity index (χ1) is 22.6. The Hall–Kier alpha value is -2.39. The van der Waals surface area contributed by atoms with Gasteiger partial charge in [0.25, 0.3) is 8.32 Å². The Morgan fingerprint density at radius 2 is 1.34 bits per heavy atom. The lowest BCUT2D eigenvalue weighted by molar-refractivity contribution is -0.279. The van der Waals surface area contributed by atoms with Gasteiger partial charge >= 0.3 is 0 Å². The Bertz CT molecular complexity index is 1200. The minimum absolute atomic E-state index is 0.202. The van der Waals surface area contributed by atoms with Crippen molar-refractivity contribution in [2.75, 3.05) is 66.5 Å². The molecule has 2 aromatic carbocycles. The second-order valence-electron chi connectivity index (χ2n) is 12.9. The van der Waals surface area contributed by atoms with Crippen molar-refractivity contribution in [3.8, 4) is 0 Å². The number of ether oxygens (including phenoxy) is 8. The van der Waals surface area contributed by atoms with Gasteiger partial charge in [-0.3, -0.25) is 0 Å². The van der Waals surface area contributed by atoms with Crippen LogP contribution < -0.4 is 10.4 Å². The zero-order chi connectivity index (χ0) is 33.8. The number of methoxy groups -OCH3 is 1. The second-order valence-corrected chi connectivity index (χ2v) is 17.3. The minimum Gasteiger partial charge on any atom is -0.405 e. The first-order valence-electron chi connectivity index (χ1n) is 16.3. The van der Waals surface area contributed by atoms with E-state index in [1.54, 1.807) is 7.11 Å². The van der Waals surface area contributed by atoms with E-state index in [2.05, 4.69) is 79.3 Å². The van der Waals surface area contributed by atoms with Crippen LogP contribution in [0.4, 0.5) is 0 Å². The van der Waals surface area contributed by atoms with Crippen molar-refractivity contribution in [3.63, 3.8) is 0 Å².